The van der Waals surface area contributed by atoms with Crippen LogP contribution in [0.2, 0.25) is 0 Å². The van der Waals surface area contributed by atoms with Gasteiger partial charge in [0.2, 0.25) is 0 Å². The molecule has 8 atom stereocenters. The van der Waals surface area contributed by atoms with E-state index < -0.39 is 90.3 Å². The summed E-state index contributed by atoms with van der Waals surface area (Å²) in [5.74, 6) is -1.21. The molecule has 404 valence electrons. The first kappa shape index (κ1) is 65.2. The van der Waals surface area contributed by atoms with Crippen LogP contribution in [0.3, 0.4) is 0 Å². The number of phosphoric acid groups is 2. The average Bonchev–Trinajstić information content (AvgIpc) is 3.57. The number of Topliss-reactive ketones (excluding diaryl/α,β-unsaturated/α-hetero) is 1. The average molecular weight is 1030 g/mol. The first-order chi connectivity index (χ1) is 33.0. The van der Waals surface area contributed by atoms with E-state index in [0.29, 0.717) is 32.1 Å². The van der Waals surface area contributed by atoms with Crippen molar-refractivity contribution in [3.63, 3.8) is 0 Å². The second kappa shape index (κ2) is 40.6. The molecule has 6 N–H and O–H groups in total. The number of unbranched alkanes of at least 4 members (excludes halogenated alkanes) is 20. The molecule has 0 aliphatic heterocycles. The van der Waals surface area contributed by atoms with Gasteiger partial charge in [0.25, 0.3) is 0 Å². The van der Waals surface area contributed by atoms with Crippen LogP contribution in [0.5, 0.6) is 0 Å². The first-order valence-electron chi connectivity index (χ1n) is 26.5. The highest BCUT2D eigenvalue weighted by Crippen LogP contribution is 2.44. The molecule has 2 unspecified atom stereocenters. The number of aliphatic hydroxyl groups excluding tert-OH is 3. The second-order valence-corrected chi connectivity index (χ2v) is 21.9. The van der Waals surface area contributed by atoms with Crippen LogP contribution in [-0.4, -0.2) is 98.6 Å². The van der Waals surface area contributed by atoms with Gasteiger partial charge in [-0.15, -0.1) is 0 Å². The molecular weight excluding hydrogens is 930 g/mol. The molecule has 1 saturated carbocycles. The first-order valence-corrected chi connectivity index (χ1v) is 29.6. The molecule has 0 aromatic heterocycles. The second-order valence-electron chi connectivity index (χ2n) is 19.2. The van der Waals surface area contributed by atoms with Crippen LogP contribution < -0.4 is 0 Å². The fourth-order valence-electron chi connectivity index (χ4n) is 8.25. The normalized spacial score (nSPS) is 19.3. The van der Waals surface area contributed by atoms with E-state index in [1.54, 1.807) is 12.2 Å². The summed E-state index contributed by atoms with van der Waals surface area (Å²) in [7, 11) is -9.79. The lowest BCUT2D eigenvalue weighted by atomic mass is 9.90. The van der Waals surface area contributed by atoms with E-state index in [1.807, 2.05) is 12.2 Å². The Morgan fingerprint density at radius 2 is 1.19 bits per heavy atom. The smallest absolute Gasteiger partial charge is 0.462 e. The highest BCUT2D eigenvalue weighted by molar-refractivity contribution is 7.47. The molecule has 0 heterocycles. The fourth-order valence-corrected chi connectivity index (χ4v) is 9.40. The maximum atomic E-state index is 12.8. The molecule has 0 saturated heterocycles. The predicted molar refractivity (Wildman–Crippen MR) is 268 cm³/mol. The molecule has 0 bridgehead atoms. The molecule has 16 nitrogen and oxygen atoms in total. The number of aliphatic hydroxyl groups is 3. The molecule has 1 fully saturated rings. The minimum atomic E-state index is -4.90. The van der Waals surface area contributed by atoms with Gasteiger partial charge in [-0.3, -0.25) is 28.0 Å². The monoisotopic (exact) mass is 1020 g/mol. The van der Waals surface area contributed by atoms with E-state index >= 15 is 0 Å². The maximum Gasteiger partial charge on any atom is 0.472 e. The van der Waals surface area contributed by atoms with Crippen molar-refractivity contribution in [2.75, 3.05) is 26.4 Å². The van der Waals surface area contributed by atoms with Gasteiger partial charge < -0.3 is 39.5 Å². The Labute approximate surface area is 415 Å². The summed E-state index contributed by atoms with van der Waals surface area (Å²) in [6, 6.07) is 0. The number of rotatable bonds is 46. The molecule has 0 radical (unpaired) electrons. The SMILES string of the molecule is CCCCC[C@H](O)/C=C/[C@H]1[C@H](O)CC(=O)[C@@H]1C/C=C\CCCC(=O)O[C@H](COC(=O)CCCCCCCCCCCCCCCCCCCCC(C)CC)COP(=O)(O)OC[C@@H](O)COP(=O)(O)O. The molecule has 0 amide bonds. The van der Waals surface area contributed by atoms with Gasteiger partial charge in [-0.2, -0.15) is 0 Å². The topological polar surface area (TPSA) is 253 Å². The van der Waals surface area contributed by atoms with E-state index in [9.17, 15) is 43.7 Å². The van der Waals surface area contributed by atoms with Crippen LogP contribution in [-0.2, 0) is 46.6 Å². The zero-order chi connectivity index (χ0) is 51.2. The zero-order valence-electron chi connectivity index (χ0n) is 42.6. The van der Waals surface area contributed by atoms with Crippen LogP contribution in [0.1, 0.15) is 213 Å². The third kappa shape index (κ3) is 37.6. The third-order valence-electron chi connectivity index (χ3n) is 12.7. The van der Waals surface area contributed by atoms with Crippen molar-refractivity contribution < 1.29 is 76.6 Å². The highest BCUT2D eigenvalue weighted by atomic mass is 31.2. The van der Waals surface area contributed by atoms with Crippen molar-refractivity contribution in [2.45, 2.75) is 238 Å². The summed E-state index contributed by atoms with van der Waals surface area (Å²) < 4.78 is 48.0. The number of hydrogen-bond acceptors (Lipinski definition) is 13. The van der Waals surface area contributed by atoms with Gasteiger partial charge in [0.15, 0.2) is 6.10 Å². The van der Waals surface area contributed by atoms with Gasteiger partial charge in [-0.25, -0.2) is 9.13 Å². The summed E-state index contributed by atoms with van der Waals surface area (Å²) >= 11 is 0. The van der Waals surface area contributed by atoms with Crippen molar-refractivity contribution in [3.05, 3.63) is 24.3 Å². The Morgan fingerprint density at radius 1 is 0.667 bits per heavy atom. The molecule has 18 heteroatoms. The van der Waals surface area contributed by atoms with Crippen molar-refractivity contribution in [3.8, 4) is 0 Å². The summed E-state index contributed by atoms with van der Waals surface area (Å²) in [5.41, 5.74) is 0. The van der Waals surface area contributed by atoms with E-state index in [4.69, 9.17) is 28.3 Å². The van der Waals surface area contributed by atoms with Gasteiger partial charge in [0.05, 0.1) is 32.0 Å². The van der Waals surface area contributed by atoms with Gasteiger partial charge in [-0.05, 0) is 38.0 Å². The molecule has 1 rings (SSSR count). The Morgan fingerprint density at radius 3 is 1.75 bits per heavy atom. The van der Waals surface area contributed by atoms with Gasteiger partial charge in [0.1, 0.15) is 18.5 Å². The number of carbonyl (C=O) groups excluding carboxylic acids is 3. The molecule has 69 heavy (non-hydrogen) atoms. The van der Waals surface area contributed by atoms with E-state index in [1.165, 1.54) is 103 Å². The number of hydrogen-bond donors (Lipinski definition) is 6. The number of allylic oxidation sites excluding steroid dienone is 2. The molecule has 0 aromatic carbocycles. The molecule has 1 aliphatic carbocycles. The van der Waals surface area contributed by atoms with Gasteiger partial charge >= 0.3 is 27.6 Å². The minimum absolute atomic E-state index is 0.0477. The van der Waals surface area contributed by atoms with Crippen molar-refractivity contribution in [2.24, 2.45) is 17.8 Å². The van der Waals surface area contributed by atoms with Crippen molar-refractivity contribution >= 4 is 33.4 Å². The van der Waals surface area contributed by atoms with Crippen LogP contribution >= 0.6 is 15.6 Å². The van der Waals surface area contributed by atoms with Crippen LogP contribution in [0, 0.1) is 17.8 Å². The summed E-state index contributed by atoms with van der Waals surface area (Å²) in [5, 5.41) is 30.6. The van der Waals surface area contributed by atoms with E-state index in [0.717, 1.165) is 44.4 Å². The van der Waals surface area contributed by atoms with Crippen molar-refractivity contribution in [1.29, 1.82) is 0 Å². The lowest BCUT2D eigenvalue weighted by Crippen LogP contribution is -2.29. The van der Waals surface area contributed by atoms with E-state index in [-0.39, 0.29) is 25.0 Å². The lowest BCUT2D eigenvalue weighted by molar-refractivity contribution is -0.161. The Bertz CT molecular complexity index is 1490. The van der Waals surface area contributed by atoms with Gasteiger partial charge in [-0.1, -0.05) is 186 Å². The number of esters is 2. The minimum Gasteiger partial charge on any atom is -0.462 e. The molecule has 0 aromatic rings. The molecule has 1 aliphatic rings. The Hall–Kier alpha value is -1.81. The number of phosphoric ester groups is 2. The fraction of sp³-hybridized carbons (Fsp3) is 0.863. The third-order valence-corrected chi connectivity index (χ3v) is 14.2. The number of carbonyl (C=O) groups is 3. The predicted octanol–water partition coefficient (Wildman–Crippen LogP) is 11.1. The standard InChI is InChI=1S/C51H94O16P2/c1-4-6-25-31-43(52)35-36-47-46(48(54)37-49(47)55)32-27-23-24-29-34-51(57)67-45(41-66-69(61,62)65-39-44(53)38-64-68(58,59)60)40-63-50(56)33-28-22-20-18-16-14-12-10-8-7-9-11-13-15-17-19-21-26-30-42(3)5-2/h23,27,35-36,42-47,49,52-53,55H,4-22,24-26,28-34,37-41H2,1-3H3,(H,61,62)(H2,58,59,60)/b27-23-,36-35+/t42?,43-,44-,45+,46+,47+,49+/m0/s1. The van der Waals surface area contributed by atoms with E-state index in [2.05, 4.69) is 25.3 Å². The van der Waals surface area contributed by atoms with Crippen molar-refractivity contribution in [1.82, 2.24) is 0 Å². The largest absolute Gasteiger partial charge is 0.472 e. The van der Waals surface area contributed by atoms with Gasteiger partial charge in [0, 0.05) is 31.1 Å². The summed E-state index contributed by atoms with van der Waals surface area (Å²) in [4.78, 5) is 65.8. The highest BCUT2D eigenvalue weighted by Gasteiger charge is 2.39. The van der Waals surface area contributed by atoms with Crippen LogP contribution in [0.4, 0.5) is 0 Å². The number of ether oxygens (including phenoxy) is 2. The Balaban J connectivity index is 2.44. The summed E-state index contributed by atoms with van der Waals surface area (Å²) in [6.45, 7) is 3.77. The summed E-state index contributed by atoms with van der Waals surface area (Å²) in [6.07, 6.45) is 32.4. The molecular formula is C51H94O16P2. The Kier molecular flexibility index (Phi) is 38.4. The molecule has 0 spiro atoms. The maximum absolute atomic E-state index is 12.8. The quantitative estimate of drug-likeness (QED) is 0.0143. The van der Waals surface area contributed by atoms with Crippen LogP contribution in [0.15, 0.2) is 24.3 Å². The van der Waals surface area contributed by atoms with Crippen LogP contribution in [0.25, 0.3) is 0 Å². The zero-order valence-corrected chi connectivity index (χ0v) is 44.3. The lowest BCUT2D eigenvalue weighted by Gasteiger charge is -2.20. The number of ketones is 1.